The van der Waals surface area contributed by atoms with Crippen molar-refractivity contribution in [3.05, 3.63) is 42.6 Å². The molecule has 1 heterocycles. The lowest BCUT2D eigenvalue weighted by Crippen LogP contribution is -2.14. The first-order valence-electron chi connectivity index (χ1n) is 5.22. The zero-order valence-electron chi connectivity index (χ0n) is 8.93. The summed E-state index contributed by atoms with van der Waals surface area (Å²) >= 11 is 0. The first-order valence-corrected chi connectivity index (χ1v) is 5.22. The predicted molar refractivity (Wildman–Crippen MR) is 65.0 cm³/mol. The van der Waals surface area contributed by atoms with Crippen LogP contribution in [0.3, 0.4) is 0 Å². The largest absolute Gasteiger partial charge is 0.367 e. The highest BCUT2D eigenvalue weighted by molar-refractivity contribution is 5.64. The van der Waals surface area contributed by atoms with Crippen molar-refractivity contribution in [2.45, 2.75) is 0 Å². The average molecular weight is 214 g/mol. The van der Waals surface area contributed by atoms with E-state index < -0.39 is 0 Å². The molecule has 4 nitrogen and oxygen atoms in total. The van der Waals surface area contributed by atoms with Crippen LogP contribution in [0.2, 0.25) is 0 Å². The highest BCUT2D eigenvalue weighted by Gasteiger charge is 1.99. The second-order valence-electron chi connectivity index (χ2n) is 3.41. The van der Waals surface area contributed by atoms with Gasteiger partial charge < -0.3 is 11.1 Å². The van der Waals surface area contributed by atoms with Gasteiger partial charge in [-0.25, -0.2) is 0 Å². The van der Waals surface area contributed by atoms with Gasteiger partial charge in [-0.15, -0.1) is 5.10 Å². The molecule has 0 saturated heterocycles. The second-order valence-corrected chi connectivity index (χ2v) is 3.41. The molecule has 0 radical (unpaired) electrons. The third kappa shape index (κ3) is 2.55. The van der Waals surface area contributed by atoms with Crippen LogP contribution in [0, 0.1) is 0 Å². The fourth-order valence-corrected chi connectivity index (χ4v) is 1.44. The van der Waals surface area contributed by atoms with Gasteiger partial charge in [0.25, 0.3) is 0 Å². The molecule has 0 spiro atoms. The summed E-state index contributed by atoms with van der Waals surface area (Å²) in [5.41, 5.74) is 7.60. The van der Waals surface area contributed by atoms with E-state index in [9.17, 15) is 0 Å². The lowest BCUT2D eigenvalue weighted by atomic mass is 10.1. The molecule has 3 N–H and O–H groups in total. The Morgan fingerprint density at radius 3 is 2.69 bits per heavy atom. The Bertz CT molecular complexity index is 442. The van der Waals surface area contributed by atoms with Crippen molar-refractivity contribution < 1.29 is 0 Å². The normalized spacial score (nSPS) is 10.1. The molecule has 0 amide bonds. The van der Waals surface area contributed by atoms with E-state index in [-0.39, 0.29) is 0 Å². The van der Waals surface area contributed by atoms with E-state index in [1.807, 2.05) is 36.4 Å². The molecule has 0 saturated carbocycles. The minimum atomic E-state index is 0.581. The van der Waals surface area contributed by atoms with Crippen molar-refractivity contribution in [3.63, 3.8) is 0 Å². The highest BCUT2D eigenvalue weighted by atomic mass is 15.2. The number of hydrogen-bond acceptors (Lipinski definition) is 4. The van der Waals surface area contributed by atoms with Gasteiger partial charge in [0.05, 0.1) is 6.20 Å². The first-order chi connectivity index (χ1) is 7.90. The van der Waals surface area contributed by atoms with Crippen molar-refractivity contribution >= 4 is 5.82 Å². The topological polar surface area (TPSA) is 63.8 Å². The van der Waals surface area contributed by atoms with Gasteiger partial charge in [0.2, 0.25) is 0 Å². The van der Waals surface area contributed by atoms with Crippen LogP contribution in [0.25, 0.3) is 11.1 Å². The van der Waals surface area contributed by atoms with Gasteiger partial charge in [-0.2, -0.15) is 5.10 Å². The molecule has 1 aromatic heterocycles. The van der Waals surface area contributed by atoms with Crippen molar-refractivity contribution in [2.24, 2.45) is 5.73 Å². The van der Waals surface area contributed by atoms with Gasteiger partial charge in [0.1, 0.15) is 5.82 Å². The van der Waals surface area contributed by atoms with Gasteiger partial charge in [-0.1, -0.05) is 30.3 Å². The molecule has 0 unspecified atom stereocenters. The van der Waals surface area contributed by atoms with Crippen molar-refractivity contribution in [3.8, 4) is 11.1 Å². The molecular formula is C12H14N4. The van der Waals surface area contributed by atoms with Crippen LogP contribution in [-0.4, -0.2) is 23.3 Å². The smallest absolute Gasteiger partial charge is 0.149 e. The summed E-state index contributed by atoms with van der Waals surface area (Å²) in [6.45, 7) is 1.28. The fourth-order valence-electron chi connectivity index (χ4n) is 1.44. The van der Waals surface area contributed by atoms with E-state index in [0.29, 0.717) is 13.1 Å². The van der Waals surface area contributed by atoms with Crippen LogP contribution in [0.1, 0.15) is 0 Å². The van der Waals surface area contributed by atoms with Crippen molar-refractivity contribution in [1.29, 1.82) is 0 Å². The Morgan fingerprint density at radius 2 is 1.94 bits per heavy atom. The number of benzene rings is 1. The minimum Gasteiger partial charge on any atom is -0.367 e. The third-order valence-electron chi connectivity index (χ3n) is 2.21. The monoisotopic (exact) mass is 214 g/mol. The molecule has 0 aliphatic carbocycles. The van der Waals surface area contributed by atoms with Gasteiger partial charge in [0.15, 0.2) is 0 Å². The SMILES string of the molecule is NCCNc1cc(-c2ccccc2)cnn1. The quantitative estimate of drug-likeness (QED) is 0.809. The van der Waals surface area contributed by atoms with Crippen LogP contribution in [0.4, 0.5) is 5.82 Å². The Hall–Kier alpha value is -1.94. The number of anilines is 1. The van der Waals surface area contributed by atoms with Gasteiger partial charge in [-0.3, -0.25) is 0 Å². The average Bonchev–Trinajstić information content (AvgIpc) is 2.38. The molecule has 0 aliphatic heterocycles. The van der Waals surface area contributed by atoms with E-state index >= 15 is 0 Å². The standard InChI is InChI=1S/C12H14N4/c13-6-7-14-12-8-11(9-15-16-12)10-4-2-1-3-5-10/h1-5,8-9H,6-7,13H2,(H,14,16). The van der Waals surface area contributed by atoms with Crippen LogP contribution >= 0.6 is 0 Å². The van der Waals surface area contributed by atoms with Gasteiger partial charge in [-0.05, 0) is 11.6 Å². The van der Waals surface area contributed by atoms with E-state index in [0.717, 1.165) is 16.9 Å². The summed E-state index contributed by atoms with van der Waals surface area (Å²) in [5.74, 6) is 0.756. The molecule has 16 heavy (non-hydrogen) atoms. The molecule has 0 atom stereocenters. The van der Waals surface area contributed by atoms with E-state index in [1.165, 1.54) is 0 Å². The van der Waals surface area contributed by atoms with Crippen LogP contribution in [0.5, 0.6) is 0 Å². The minimum absolute atomic E-state index is 0.581. The zero-order chi connectivity index (χ0) is 11.2. The Balaban J connectivity index is 2.22. The van der Waals surface area contributed by atoms with Crippen LogP contribution < -0.4 is 11.1 Å². The van der Waals surface area contributed by atoms with Gasteiger partial charge in [0, 0.05) is 18.7 Å². The molecule has 0 fully saturated rings. The summed E-state index contributed by atoms with van der Waals surface area (Å²) in [4.78, 5) is 0. The van der Waals surface area contributed by atoms with E-state index in [4.69, 9.17) is 5.73 Å². The lowest BCUT2D eigenvalue weighted by molar-refractivity contribution is 0.972. The summed E-state index contributed by atoms with van der Waals surface area (Å²) in [6, 6.07) is 12.1. The summed E-state index contributed by atoms with van der Waals surface area (Å²) < 4.78 is 0. The van der Waals surface area contributed by atoms with Crippen molar-refractivity contribution in [2.75, 3.05) is 18.4 Å². The number of nitrogens with one attached hydrogen (secondary N) is 1. The summed E-state index contributed by atoms with van der Waals surface area (Å²) in [5, 5.41) is 11.1. The molecule has 82 valence electrons. The van der Waals surface area contributed by atoms with E-state index in [2.05, 4.69) is 15.5 Å². The first kappa shape index (κ1) is 10.6. The third-order valence-corrected chi connectivity index (χ3v) is 2.21. The lowest BCUT2D eigenvalue weighted by Gasteiger charge is -2.05. The Kier molecular flexibility index (Phi) is 3.46. The number of nitrogens with zero attached hydrogens (tertiary/aromatic N) is 2. The molecule has 0 aliphatic rings. The molecule has 2 rings (SSSR count). The predicted octanol–water partition coefficient (Wildman–Crippen LogP) is 1.51. The Morgan fingerprint density at radius 1 is 1.12 bits per heavy atom. The molecular weight excluding hydrogens is 200 g/mol. The maximum atomic E-state index is 5.41. The molecule has 1 aromatic carbocycles. The number of rotatable bonds is 4. The fraction of sp³-hybridized carbons (Fsp3) is 0.167. The number of hydrogen-bond donors (Lipinski definition) is 2. The highest BCUT2D eigenvalue weighted by Crippen LogP contribution is 2.19. The molecule has 2 aromatic rings. The number of aromatic nitrogens is 2. The Labute approximate surface area is 94.5 Å². The van der Waals surface area contributed by atoms with E-state index in [1.54, 1.807) is 6.20 Å². The maximum Gasteiger partial charge on any atom is 0.149 e. The zero-order valence-corrected chi connectivity index (χ0v) is 8.93. The molecule has 4 heteroatoms. The number of nitrogens with two attached hydrogens (primary N) is 1. The summed E-state index contributed by atoms with van der Waals surface area (Å²) in [6.07, 6.45) is 1.75. The second kappa shape index (κ2) is 5.23. The summed E-state index contributed by atoms with van der Waals surface area (Å²) in [7, 11) is 0. The molecule has 0 bridgehead atoms. The van der Waals surface area contributed by atoms with Crippen LogP contribution in [-0.2, 0) is 0 Å². The van der Waals surface area contributed by atoms with Crippen LogP contribution in [0.15, 0.2) is 42.6 Å². The van der Waals surface area contributed by atoms with Crippen molar-refractivity contribution in [1.82, 2.24) is 10.2 Å². The van der Waals surface area contributed by atoms with Gasteiger partial charge >= 0.3 is 0 Å². The maximum absolute atomic E-state index is 5.41.